The molecule has 0 amide bonds. The fourth-order valence-electron chi connectivity index (χ4n) is 2.38. The zero-order valence-corrected chi connectivity index (χ0v) is 11.8. The largest absolute Gasteiger partial charge is 0.332 e. The Morgan fingerprint density at radius 2 is 1.89 bits per heavy atom. The third-order valence-electron chi connectivity index (χ3n) is 3.55. The van der Waals surface area contributed by atoms with E-state index in [9.17, 15) is 4.79 Å². The first-order valence-corrected chi connectivity index (χ1v) is 6.60. The van der Waals surface area contributed by atoms with E-state index in [-0.39, 0.29) is 5.69 Å². The molecule has 1 atom stereocenters. The number of hydrogen-bond donors (Lipinski definition) is 1. The van der Waals surface area contributed by atoms with Gasteiger partial charge in [-0.25, -0.2) is 4.79 Å². The maximum Gasteiger partial charge on any atom is 0.332 e. The average Bonchev–Trinajstić information content (AvgIpc) is 2.64. The van der Waals surface area contributed by atoms with Crippen molar-refractivity contribution >= 4 is 0 Å². The molecule has 4 nitrogen and oxygen atoms in total. The zero-order valence-electron chi connectivity index (χ0n) is 11.8. The Hall–Kier alpha value is -1.81. The number of aromatic nitrogens is 2. The van der Waals surface area contributed by atoms with Gasteiger partial charge in [0.1, 0.15) is 0 Å². The molecule has 102 valence electrons. The summed E-state index contributed by atoms with van der Waals surface area (Å²) < 4.78 is 3.32. The lowest BCUT2D eigenvalue weighted by atomic mass is 9.98. The number of benzene rings is 1. The van der Waals surface area contributed by atoms with Crippen molar-refractivity contribution < 1.29 is 0 Å². The molecule has 0 fully saturated rings. The topological polar surface area (TPSA) is 53.0 Å². The second kappa shape index (κ2) is 5.45. The molecule has 0 aliphatic heterocycles. The van der Waals surface area contributed by atoms with Crippen molar-refractivity contribution in [3.63, 3.8) is 0 Å². The third kappa shape index (κ3) is 2.63. The molecule has 0 bridgehead atoms. The molecule has 2 N–H and O–H groups in total. The number of hydrogen-bond acceptors (Lipinski definition) is 2. The molecule has 1 aromatic carbocycles. The minimum atomic E-state index is -0.0137. The standard InChI is InChI=1S/C15H21N3O/c1-11(8-9-16)13-4-6-14(7-5-13)18-12(2)10-17(3)15(18)19/h4-7,10-11H,8-9,16H2,1-3H3. The van der Waals surface area contributed by atoms with Crippen molar-refractivity contribution in [3.8, 4) is 5.69 Å². The van der Waals surface area contributed by atoms with Crippen LogP contribution >= 0.6 is 0 Å². The molecule has 1 aromatic heterocycles. The smallest absolute Gasteiger partial charge is 0.330 e. The summed E-state index contributed by atoms with van der Waals surface area (Å²) >= 11 is 0. The highest BCUT2D eigenvalue weighted by molar-refractivity contribution is 5.37. The van der Waals surface area contributed by atoms with Crippen LogP contribution in [0.2, 0.25) is 0 Å². The van der Waals surface area contributed by atoms with Gasteiger partial charge in [0.2, 0.25) is 0 Å². The molecule has 2 aromatic rings. The lowest BCUT2D eigenvalue weighted by molar-refractivity contribution is 0.690. The summed E-state index contributed by atoms with van der Waals surface area (Å²) in [5.41, 5.74) is 8.68. The van der Waals surface area contributed by atoms with Gasteiger partial charge in [0, 0.05) is 18.9 Å². The van der Waals surface area contributed by atoms with Gasteiger partial charge in [0.05, 0.1) is 5.69 Å². The molecule has 0 aliphatic rings. The Bertz CT molecular complexity index is 607. The van der Waals surface area contributed by atoms with Crippen molar-refractivity contribution in [1.82, 2.24) is 9.13 Å². The van der Waals surface area contributed by atoms with E-state index in [1.165, 1.54) is 5.56 Å². The predicted octanol–water partition coefficient (Wildman–Crippen LogP) is 1.94. The highest BCUT2D eigenvalue weighted by Gasteiger charge is 2.09. The van der Waals surface area contributed by atoms with Gasteiger partial charge in [-0.15, -0.1) is 0 Å². The van der Waals surface area contributed by atoms with Gasteiger partial charge >= 0.3 is 5.69 Å². The van der Waals surface area contributed by atoms with E-state index in [1.807, 2.05) is 25.3 Å². The van der Waals surface area contributed by atoms with Crippen LogP contribution in [0.4, 0.5) is 0 Å². The maximum absolute atomic E-state index is 12.0. The van der Waals surface area contributed by atoms with Crippen LogP contribution in [-0.2, 0) is 7.05 Å². The van der Waals surface area contributed by atoms with Crippen LogP contribution in [0.25, 0.3) is 5.69 Å². The van der Waals surface area contributed by atoms with E-state index in [2.05, 4.69) is 19.1 Å². The lowest BCUT2D eigenvalue weighted by Gasteiger charge is -2.11. The van der Waals surface area contributed by atoms with Crippen LogP contribution in [0, 0.1) is 6.92 Å². The van der Waals surface area contributed by atoms with Crippen molar-refractivity contribution in [3.05, 3.63) is 52.2 Å². The first-order chi connectivity index (χ1) is 9.04. The average molecular weight is 259 g/mol. The summed E-state index contributed by atoms with van der Waals surface area (Å²) in [6.07, 6.45) is 2.82. The van der Waals surface area contributed by atoms with Gasteiger partial charge in [-0.1, -0.05) is 19.1 Å². The number of imidazole rings is 1. The van der Waals surface area contributed by atoms with E-state index < -0.39 is 0 Å². The molecule has 4 heteroatoms. The Kier molecular flexibility index (Phi) is 3.90. The molecule has 19 heavy (non-hydrogen) atoms. The normalized spacial score (nSPS) is 12.6. The molecular weight excluding hydrogens is 238 g/mol. The Morgan fingerprint density at radius 3 is 2.37 bits per heavy atom. The summed E-state index contributed by atoms with van der Waals surface area (Å²) in [5, 5.41) is 0. The van der Waals surface area contributed by atoms with Crippen LogP contribution in [0.3, 0.4) is 0 Å². The number of nitrogens with two attached hydrogens (primary N) is 1. The number of nitrogens with zero attached hydrogens (tertiary/aromatic N) is 2. The molecule has 0 aliphatic carbocycles. The molecule has 2 rings (SSSR count). The highest BCUT2D eigenvalue weighted by atomic mass is 16.1. The summed E-state index contributed by atoms with van der Waals surface area (Å²) in [6.45, 7) is 4.80. The Morgan fingerprint density at radius 1 is 1.26 bits per heavy atom. The van der Waals surface area contributed by atoms with Gasteiger partial charge < -0.3 is 10.3 Å². The third-order valence-corrected chi connectivity index (χ3v) is 3.55. The molecule has 0 saturated heterocycles. The van der Waals surface area contributed by atoms with Gasteiger partial charge in [-0.3, -0.25) is 4.57 Å². The molecule has 0 spiro atoms. The van der Waals surface area contributed by atoms with E-state index in [0.29, 0.717) is 12.5 Å². The number of rotatable bonds is 4. The minimum absolute atomic E-state index is 0.0137. The van der Waals surface area contributed by atoms with E-state index in [4.69, 9.17) is 5.73 Å². The van der Waals surface area contributed by atoms with Crippen LogP contribution in [0.1, 0.15) is 30.5 Å². The van der Waals surface area contributed by atoms with Crippen molar-refractivity contribution in [2.45, 2.75) is 26.2 Å². The second-order valence-corrected chi connectivity index (χ2v) is 5.07. The fraction of sp³-hybridized carbons (Fsp3) is 0.400. The Balaban J connectivity index is 2.35. The second-order valence-electron chi connectivity index (χ2n) is 5.07. The molecular formula is C15H21N3O. The first-order valence-electron chi connectivity index (χ1n) is 6.60. The van der Waals surface area contributed by atoms with E-state index >= 15 is 0 Å². The van der Waals surface area contributed by atoms with Gasteiger partial charge in [-0.2, -0.15) is 0 Å². The van der Waals surface area contributed by atoms with E-state index in [0.717, 1.165) is 17.8 Å². The summed E-state index contributed by atoms with van der Waals surface area (Å²) in [6, 6.07) is 8.15. The Labute approximate surface area is 113 Å². The van der Waals surface area contributed by atoms with Crippen molar-refractivity contribution in [2.75, 3.05) is 6.54 Å². The lowest BCUT2D eigenvalue weighted by Crippen LogP contribution is -2.21. The first kappa shape index (κ1) is 13.6. The van der Waals surface area contributed by atoms with E-state index in [1.54, 1.807) is 16.2 Å². The summed E-state index contributed by atoms with van der Waals surface area (Å²) in [5.74, 6) is 0.452. The van der Waals surface area contributed by atoms with Crippen molar-refractivity contribution in [1.29, 1.82) is 0 Å². The van der Waals surface area contributed by atoms with Crippen LogP contribution < -0.4 is 11.4 Å². The summed E-state index contributed by atoms with van der Waals surface area (Å²) in [4.78, 5) is 12.0. The van der Waals surface area contributed by atoms with Crippen LogP contribution in [-0.4, -0.2) is 15.7 Å². The molecule has 1 heterocycles. The molecule has 0 saturated carbocycles. The van der Waals surface area contributed by atoms with Crippen molar-refractivity contribution in [2.24, 2.45) is 12.8 Å². The molecule has 1 unspecified atom stereocenters. The monoisotopic (exact) mass is 259 g/mol. The van der Waals surface area contributed by atoms with Crippen LogP contribution in [0.5, 0.6) is 0 Å². The maximum atomic E-state index is 12.0. The minimum Gasteiger partial charge on any atom is -0.330 e. The van der Waals surface area contributed by atoms with Gasteiger partial charge in [0.15, 0.2) is 0 Å². The quantitative estimate of drug-likeness (QED) is 0.912. The highest BCUT2D eigenvalue weighted by Crippen LogP contribution is 2.20. The summed E-state index contributed by atoms with van der Waals surface area (Å²) in [7, 11) is 1.77. The van der Waals surface area contributed by atoms with Gasteiger partial charge in [-0.05, 0) is 43.5 Å². The van der Waals surface area contributed by atoms with Crippen LogP contribution in [0.15, 0.2) is 35.3 Å². The zero-order chi connectivity index (χ0) is 14.0. The van der Waals surface area contributed by atoms with Gasteiger partial charge in [0.25, 0.3) is 0 Å². The SMILES string of the molecule is Cc1cn(C)c(=O)n1-c1ccc(C(C)CCN)cc1. The number of aryl methyl sites for hydroxylation is 2. The predicted molar refractivity (Wildman–Crippen MR) is 77.8 cm³/mol. The fourth-order valence-corrected chi connectivity index (χ4v) is 2.38. The molecule has 0 radical (unpaired) electrons.